The van der Waals surface area contributed by atoms with Crippen molar-refractivity contribution in [2.75, 3.05) is 22.7 Å². The molecule has 14 heavy (non-hydrogen) atoms. The zero-order valence-corrected chi connectivity index (χ0v) is 12.0. The minimum absolute atomic E-state index is 0.521. The Morgan fingerprint density at radius 2 is 1.43 bits per heavy atom. The Morgan fingerprint density at radius 1 is 0.929 bits per heavy atom. The lowest BCUT2D eigenvalue weighted by Gasteiger charge is -2.11. The van der Waals surface area contributed by atoms with Gasteiger partial charge in [0.1, 0.15) is 0 Å². The van der Waals surface area contributed by atoms with E-state index in [1.54, 1.807) is 0 Å². The van der Waals surface area contributed by atoms with Crippen LogP contribution in [-0.2, 0) is 20.4 Å². The van der Waals surface area contributed by atoms with E-state index in [4.69, 9.17) is 11.6 Å². The van der Waals surface area contributed by atoms with Gasteiger partial charge in [0.25, 0.3) is 0 Å². The smallest absolute Gasteiger partial charge is 0.170 e. The summed E-state index contributed by atoms with van der Waals surface area (Å²) < 4.78 is 22.7. The zero-order chi connectivity index (χ0) is 10.8. The van der Waals surface area contributed by atoms with Gasteiger partial charge in [0.05, 0.1) is 0 Å². The highest BCUT2D eigenvalue weighted by atomic mass is 79.9. The molecule has 0 saturated heterocycles. The molecule has 2 atom stereocenters. The summed E-state index contributed by atoms with van der Waals surface area (Å²) in [6.07, 6.45) is 3.52. The van der Waals surface area contributed by atoms with Gasteiger partial charge in [0, 0.05) is 11.2 Å². The predicted octanol–water partition coefficient (Wildman–Crippen LogP) is 2.59. The van der Waals surface area contributed by atoms with Crippen LogP contribution in [0.1, 0.15) is 25.7 Å². The third-order valence-electron chi connectivity index (χ3n) is 1.60. The number of rotatable bonds is 9. The molecule has 0 aromatic rings. The van der Waals surface area contributed by atoms with Crippen molar-refractivity contribution in [3.05, 3.63) is 0 Å². The highest BCUT2D eigenvalue weighted by Gasteiger charge is 2.22. The second-order valence-electron chi connectivity index (χ2n) is 2.81. The normalized spacial score (nSPS) is 15.4. The number of unbranched alkanes of at least 4 members (excludes halogenated alkanes) is 2. The first-order valence-electron chi connectivity index (χ1n) is 4.61. The maximum absolute atomic E-state index is 11.4. The largest absolute Gasteiger partial charge is 0.571 e. The van der Waals surface area contributed by atoms with Gasteiger partial charge in [-0.15, -0.1) is 11.6 Å². The second kappa shape index (κ2) is 10.9. The molecule has 6 heteroatoms. The summed E-state index contributed by atoms with van der Waals surface area (Å²) in [6.45, 7) is 0. The molecule has 86 valence electrons. The molecule has 0 aromatic carbocycles. The fourth-order valence-corrected chi connectivity index (χ4v) is 4.47. The Morgan fingerprint density at radius 3 is 1.86 bits per heavy atom. The standard InChI is InChI=1S/C8H16BrClO2S2/c9-5-1-3-7-13(11)14(12)8-4-2-6-10/h1-8H2. The van der Waals surface area contributed by atoms with E-state index in [1.165, 1.54) is 0 Å². The van der Waals surface area contributed by atoms with Crippen LogP contribution in [-0.4, -0.2) is 31.8 Å². The molecular formula is C8H16BrClO2S2. The van der Waals surface area contributed by atoms with Crippen molar-refractivity contribution in [2.45, 2.75) is 25.7 Å². The van der Waals surface area contributed by atoms with E-state index in [0.717, 1.165) is 31.0 Å². The van der Waals surface area contributed by atoms with Crippen molar-refractivity contribution in [3.8, 4) is 0 Å². The molecule has 0 aliphatic carbocycles. The van der Waals surface area contributed by atoms with Crippen molar-refractivity contribution in [2.24, 2.45) is 0 Å². The fourth-order valence-electron chi connectivity index (χ4n) is 0.815. The van der Waals surface area contributed by atoms with Crippen LogP contribution in [0.3, 0.4) is 0 Å². The summed E-state index contributed by atoms with van der Waals surface area (Å²) in [7, 11) is -2.33. The summed E-state index contributed by atoms with van der Waals surface area (Å²) in [5.74, 6) is 1.67. The van der Waals surface area contributed by atoms with Crippen LogP contribution < -0.4 is 0 Å². The average molecular weight is 324 g/mol. The topological polar surface area (TPSA) is 46.1 Å². The zero-order valence-electron chi connectivity index (χ0n) is 8.05. The van der Waals surface area contributed by atoms with Crippen LogP contribution in [0.25, 0.3) is 0 Å². The van der Waals surface area contributed by atoms with E-state index in [0.29, 0.717) is 17.4 Å². The van der Waals surface area contributed by atoms with Crippen molar-refractivity contribution >= 4 is 47.9 Å². The first kappa shape index (κ1) is 15.4. The lowest BCUT2D eigenvalue weighted by atomic mass is 10.4. The molecule has 0 N–H and O–H groups in total. The third-order valence-corrected chi connectivity index (χ3v) is 6.33. The third kappa shape index (κ3) is 8.68. The summed E-state index contributed by atoms with van der Waals surface area (Å²) in [6, 6.07) is 0. The molecule has 0 spiro atoms. The average Bonchev–Trinajstić information content (AvgIpc) is 2.18. The van der Waals surface area contributed by atoms with E-state index >= 15 is 0 Å². The predicted molar refractivity (Wildman–Crippen MR) is 69.0 cm³/mol. The molecule has 0 rings (SSSR count). The van der Waals surface area contributed by atoms with E-state index in [2.05, 4.69) is 15.9 Å². The van der Waals surface area contributed by atoms with Crippen LogP contribution in [0, 0.1) is 0 Å². The van der Waals surface area contributed by atoms with Gasteiger partial charge < -0.3 is 9.11 Å². The first-order chi connectivity index (χ1) is 6.72. The lowest BCUT2D eigenvalue weighted by molar-refractivity contribution is 0.579. The Labute approximate surface area is 105 Å². The number of hydrogen-bond donors (Lipinski definition) is 0. The highest BCUT2D eigenvalue weighted by Crippen LogP contribution is 2.10. The minimum Gasteiger partial charge on any atom is -0.571 e. The van der Waals surface area contributed by atoms with Crippen molar-refractivity contribution in [3.63, 3.8) is 0 Å². The van der Waals surface area contributed by atoms with E-state index in [1.807, 2.05) is 0 Å². The SMILES string of the molecule is [O-][S+](CCCCCl)[S+]([O-])CCCCBr. The summed E-state index contributed by atoms with van der Waals surface area (Å²) >= 11 is 8.79. The molecule has 0 saturated carbocycles. The van der Waals surface area contributed by atoms with Gasteiger partial charge in [-0.2, -0.15) is 0 Å². The second-order valence-corrected chi connectivity index (χ2v) is 8.24. The molecule has 0 amide bonds. The summed E-state index contributed by atoms with van der Waals surface area (Å²) in [5, 5.41) is 0.920. The number of alkyl halides is 2. The number of halogens is 2. The fraction of sp³-hybridized carbons (Fsp3) is 1.00. The van der Waals surface area contributed by atoms with Gasteiger partial charge in [-0.3, -0.25) is 0 Å². The minimum atomic E-state index is -1.17. The first-order valence-corrected chi connectivity index (χ1v) is 9.42. The van der Waals surface area contributed by atoms with E-state index in [9.17, 15) is 9.11 Å². The number of hydrogen-bond acceptors (Lipinski definition) is 2. The molecule has 2 unspecified atom stereocenters. The molecule has 0 radical (unpaired) electrons. The van der Waals surface area contributed by atoms with Crippen LogP contribution in [0.15, 0.2) is 0 Å². The van der Waals surface area contributed by atoms with Crippen LogP contribution in [0.5, 0.6) is 0 Å². The van der Waals surface area contributed by atoms with Crippen molar-refractivity contribution in [1.82, 2.24) is 0 Å². The quantitative estimate of drug-likeness (QED) is 0.283. The lowest BCUT2D eigenvalue weighted by Crippen LogP contribution is -2.22. The summed E-state index contributed by atoms with van der Waals surface area (Å²) in [4.78, 5) is 0. The molecule has 0 aromatic heterocycles. The molecule has 0 fully saturated rings. The maximum atomic E-state index is 11.4. The van der Waals surface area contributed by atoms with Crippen LogP contribution in [0.2, 0.25) is 0 Å². The monoisotopic (exact) mass is 322 g/mol. The van der Waals surface area contributed by atoms with Crippen LogP contribution >= 0.6 is 27.5 Å². The van der Waals surface area contributed by atoms with Crippen LogP contribution in [0.4, 0.5) is 0 Å². The summed E-state index contributed by atoms with van der Waals surface area (Å²) in [5.41, 5.74) is 0. The van der Waals surface area contributed by atoms with Gasteiger partial charge >= 0.3 is 0 Å². The molecule has 0 bridgehead atoms. The Kier molecular flexibility index (Phi) is 12.0. The van der Waals surface area contributed by atoms with E-state index in [-0.39, 0.29) is 0 Å². The van der Waals surface area contributed by atoms with Gasteiger partial charge in [0.15, 0.2) is 31.9 Å². The van der Waals surface area contributed by atoms with Gasteiger partial charge in [-0.05, 0) is 25.7 Å². The van der Waals surface area contributed by atoms with Gasteiger partial charge in [-0.25, -0.2) is 0 Å². The molecule has 0 aliphatic rings. The van der Waals surface area contributed by atoms with Crippen molar-refractivity contribution < 1.29 is 9.11 Å². The maximum Gasteiger partial charge on any atom is 0.170 e. The highest BCUT2D eigenvalue weighted by molar-refractivity contribution is 9.09. The molecular weight excluding hydrogens is 308 g/mol. The van der Waals surface area contributed by atoms with Gasteiger partial charge in [-0.1, -0.05) is 15.9 Å². The Bertz CT molecular complexity index is 118. The van der Waals surface area contributed by atoms with Crippen molar-refractivity contribution in [1.29, 1.82) is 0 Å². The van der Waals surface area contributed by atoms with E-state index < -0.39 is 20.4 Å². The molecule has 0 aliphatic heterocycles. The molecule has 2 nitrogen and oxygen atoms in total. The Balaban J connectivity index is 3.39. The van der Waals surface area contributed by atoms with Gasteiger partial charge in [0.2, 0.25) is 0 Å². The molecule has 0 heterocycles. The Hall–Kier alpha value is 1.39.